The lowest BCUT2D eigenvalue weighted by atomic mass is 9.81. The molecule has 0 aliphatic carbocycles. The van der Waals surface area contributed by atoms with E-state index in [-0.39, 0.29) is 11.3 Å². The van der Waals surface area contributed by atoms with E-state index in [1.165, 1.54) is 0 Å². The number of hydrogen-bond donors (Lipinski definition) is 2. The van der Waals surface area contributed by atoms with Gasteiger partial charge in [0.2, 0.25) is 5.91 Å². The van der Waals surface area contributed by atoms with Gasteiger partial charge < -0.3 is 10.6 Å². The zero-order chi connectivity index (χ0) is 13.9. The number of amides is 1. The van der Waals surface area contributed by atoms with Crippen LogP contribution in [0, 0.1) is 5.41 Å². The van der Waals surface area contributed by atoms with Crippen LogP contribution in [0.3, 0.4) is 0 Å². The molecule has 0 spiro atoms. The maximum Gasteiger partial charge on any atom is 0.231 e. The highest BCUT2D eigenvalue weighted by atomic mass is 79.9. The van der Waals surface area contributed by atoms with Crippen molar-refractivity contribution in [3.63, 3.8) is 0 Å². The molecule has 2 N–H and O–H groups in total. The highest BCUT2D eigenvalue weighted by molar-refractivity contribution is 9.10. The van der Waals surface area contributed by atoms with Crippen molar-refractivity contribution in [3.05, 3.63) is 27.7 Å². The molecule has 1 amide bonds. The number of carbonyl (C=O) groups is 1. The van der Waals surface area contributed by atoms with Crippen molar-refractivity contribution in [2.75, 3.05) is 18.4 Å². The standard InChI is InChI=1S/C14H18BrClN2O/c1-2-5-14(6-7-17-9-14)13(19)18-12-4-3-10(15)8-11(12)16/h3-4,8,17H,2,5-7,9H2,1H3,(H,18,19). The van der Waals surface area contributed by atoms with E-state index < -0.39 is 0 Å². The van der Waals surface area contributed by atoms with Crippen molar-refractivity contribution < 1.29 is 4.79 Å². The van der Waals surface area contributed by atoms with Gasteiger partial charge in [0.25, 0.3) is 0 Å². The largest absolute Gasteiger partial charge is 0.324 e. The third-order valence-electron chi connectivity index (χ3n) is 3.63. The summed E-state index contributed by atoms with van der Waals surface area (Å²) in [7, 11) is 0. The minimum atomic E-state index is -0.287. The second kappa shape index (κ2) is 6.25. The molecular formula is C14H18BrClN2O. The fraction of sp³-hybridized carbons (Fsp3) is 0.500. The predicted molar refractivity (Wildman–Crippen MR) is 82.6 cm³/mol. The van der Waals surface area contributed by atoms with E-state index in [1.807, 2.05) is 12.1 Å². The fourth-order valence-electron chi connectivity index (χ4n) is 2.59. The van der Waals surface area contributed by atoms with Gasteiger partial charge in [0.05, 0.1) is 16.1 Å². The highest BCUT2D eigenvalue weighted by Crippen LogP contribution is 2.34. The minimum Gasteiger partial charge on any atom is -0.324 e. The molecule has 2 rings (SSSR count). The number of benzene rings is 1. The Kier molecular flexibility index (Phi) is 4.87. The molecule has 1 aliphatic rings. The van der Waals surface area contributed by atoms with E-state index in [9.17, 15) is 4.79 Å². The Morgan fingerprint density at radius 2 is 2.37 bits per heavy atom. The van der Waals surface area contributed by atoms with Crippen LogP contribution in [0.5, 0.6) is 0 Å². The van der Waals surface area contributed by atoms with Crippen molar-refractivity contribution in [1.29, 1.82) is 0 Å². The molecule has 0 bridgehead atoms. The Morgan fingerprint density at radius 1 is 1.58 bits per heavy atom. The number of anilines is 1. The summed E-state index contributed by atoms with van der Waals surface area (Å²) >= 11 is 9.50. The lowest BCUT2D eigenvalue weighted by Crippen LogP contribution is -2.38. The number of nitrogens with one attached hydrogen (secondary N) is 2. The molecule has 1 saturated heterocycles. The second-order valence-corrected chi connectivity index (χ2v) is 6.36. The van der Waals surface area contributed by atoms with Crippen molar-refractivity contribution in [3.8, 4) is 0 Å². The van der Waals surface area contributed by atoms with Crippen LogP contribution in [-0.4, -0.2) is 19.0 Å². The summed E-state index contributed by atoms with van der Waals surface area (Å²) < 4.78 is 0.904. The maximum atomic E-state index is 12.5. The van der Waals surface area contributed by atoms with Gasteiger partial charge in [0.15, 0.2) is 0 Å². The van der Waals surface area contributed by atoms with Crippen molar-refractivity contribution in [2.24, 2.45) is 5.41 Å². The number of rotatable bonds is 4. The van der Waals surface area contributed by atoms with Gasteiger partial charge in [-0.2, -0.15) is 0 Å². The summed E-state index contributed by atoms with van der Waals surface area (Å²) in [5, 5.41) is 6.82. The number of halogens is 2. The lowest BCUT2D eigenvalue weighted by molar-refractivity contribution is -0.125. The third kappa shape index (κ3) is 3.30. The normalized spacial score (nSPS) is 22.5. The zero-order valence-electron chi connectivity index (χ0n) is 10.9. The molecule has 19 heavy (non-hydrogen) atoms. The van der Waals surface area contributed by atoms with Crippen LogP contribution < -0.4 is 10.6 Å². The molecule has 3 nitrogen and oxygen atoms in total. The summed E-state index contributed by atoms with van der Waals surface area (Å²) in [4.78, 5) is 12.5. The van der Waals surface area contributed by atoms with Crippen LogP contribution in [0.25, 0.3) is 0 Å². The topological polar surface area (TPSA) is 41.1 Å². The number of carbonyl (C=O) groups excluding carboxylic acids is 1. The van der Waals surface area contributed by atoms with E-state index in [2.05, 4.69) is 33.5 Å². The summed E-state index contributed by atoms with van der Waals surface area (Å²) in [5.74, 6) is 0.0728. The van der Waals surface area contributed by atoms with Gasteiger partial charge in [0.1, 0.15) is 0 Å². The molecule has 104 valence electrons. The zero-order valence-corrected chi connectivity index (χ0v) is 13.3. The van der Waals surface area contributed by atoms with E-state index in [0.29, 0.717) is 10.7 Å². The van der Waals surface area contributed by atoms with E-state index in [4.69, 9.17) is 11.6 Å². The molecule has 1 aromatic carbocycles. The van der Waals surface area contributed by atoms with Crippen molar-refractivity contribution in [1.82, 2.24) is 5.32 Å². The Bertz CT molecular complexity index is 473. The lowest BCUT2D eigenvalue weighted by Gasteiger charge is -2.26. The van der Waals surface area contributed by atoms with Crippen molar-refractivity contribution >= 4 is 39.1 Å². The minimum absolute atomic E-state index is 0.0728. The Labute approximate surface area is 127 Å². The highest BCUT2D eigenvalue weighted by Gasteiger charge is 2.40. The second-order valence-electron chi connectivity index (χ2n) is 5.04. The van der Waals surface area contributed by atoms with Gasteiger partial charge in [-0.25, -0.2) is 0 Å². The molecule has 5 heteroatoms. The average Bonchev–Trinajstić information content (AvgIpc) is 2.83. The summed E-state index contributed by atoms with van der Waals surface area (Å²) in [5.41, 5.74) is 0.391. The van der Waals surface area contributed by atoms with E-state index >= 15 is 0 Å². The molecule has 1 atom stereocenters. The fourth-order valence-corrected chi connectivity index (χ4v) is 3.31. The first-order valence-electron chi connectivity index (χ1n) is 6.54. The van der Waals surface area contributed by atoms with Gasteiger partial charge in [-0.15, -0.1) is 0 Å². The molecule has 0 radical (unpaired) electrons. The molecule has 1 heterocycles. The SMILES string of the molecule is CCCC1(C(=O)Nc2ccc(Br)cc2Cl)CCNC1. The summed E-state index contributed by atoms with van der Waals surface area (Å²) in [6.07, 6.45) is 2.80. The van der Waals surface area contributed by atoms with Crippen LogP contribution in [-0.2, 0) is 4.79 Å². The molecule has 1 aromatic rings. The third-order valence-corrected chi connectivity index (χ3v) is 4.44. The molecule has 1 fully saturated rings. The first-order chi connectivity index (χ1) is 9.07. The van der Waals surface area contributed by atoms with Gasteiger partial charge in [-0.3, -0.25) is 4.79 Å². The van der Waals surface area contributed by atoms with Gasteiger partial charge >= 0.3 is 0 Å². The molecule has 1 aliphatic heterocycles. The van der Waals surface area contributed by atoms with Crippen LogP contribution in [0.4, 0.5) is 5.69 Å². The first kappa shape index (κ1) is 14.8. The maximum absolute atomic E-state index is 12.5. The smallest absolute Gasteiger partial charge is 0.231 e. The van der Waals surface area contributed by atoms with Gasteiger partial charge in [0, 0.05) is 11.0 Å². The molecule has 0 saturated carbocycles. The van der Waals surface area contributed by atoms with E-state index in [0.717, 1.165) is 36.8 Å². The first-order valence-corrected chi connectivity index (χ1v) is 7.72. The van der Waals surface area contributed by atoms with Crippen LogP contribution in [0.15, 0.2) is 22.7 Å². The van der Waals surface area contributed by atoms with Gasteiger partial charge in [-0.05, 0) is 37.6 Å². The van der Waals surface area contributed by atoms with Crippen LogP contribution >= 0.6 is 27.5 Å². The Balaban J connectivity index is 2.15. The molecular weight excluding hydrogens is 328 g/mol. The van der Waals surface area contributed by atoms with Crippen LogP contribution in [0.1, 0.15) is 26.2 Å². The molecule has 0 aromatic heterocycles. The number of hydrogen-bond acceptors (Lipinski definition) is 2. The van der Waals surface area contributed by atoms with E-state index in [1.54, 1.807) is 6.07 Å². The Morgan fingerprint density at radius 3 is 2.95 bits per heavy atom. The summed E-state index contributed by atoms with van der Waals surface area (Å²) in [6, 6.07) is 5.49. The monoisotopic (exact) mass is 344 g/mol. The molecule has 1 unspecified atom stereocenters. The predicted octanol–water partition coefficient (Wildman–Crippen LogP) is 3.82. The quantitative estimate of drug-likeness (QED) is 0.871. The van der Waals surface area contributed by atoms with Crippen molar-refractivity contribution in [2.45, 2.75) is 26.2 Å². The van der Waals surface area contributed by atoms with Crippen LogP contribution in [0.2, 0.25) is 5.02 Å². The Hall–Kier alpha value is -0.580. The summed E-state index contributed by atoms with van der Waals surface area (Å²) in [6.45, 7) is 3.77. The average molecular weight is 346 g/mol. The van der Waals surface area contributed by atoms with Gasteiger partial charge in [-0.1, -0.05) is 40.9 Å².